The molecule has 0 aliphatic carbocycles. The van der Waals surface area contributed by atoms with Crippen LogP contribution in [0.2, 0.25) is 0 Å². The van der Waals surface area contributed by atoms with Crippen molar-refractivity contribution >= 4 is 17.1 Å². The van der Waals surface area contributed by atoms with Crippen molar-refractivity contribution < 1.29 is 4.79 Å². The van der Waals surface area contributed by atoms with Gasteiger partial charge in [0.2, 0.25) is 0 Å². The molecule has 1 aromatic heterocycles. The van der Waals surface area contributed by atoms with Gasteiger partial charge in [0.15, 0.2) is 0 Å². The highest BCUT2D eigenvalue weighted by Crippen LogP contribution is 2.24. The number of hydrogen-bond acceptors (Lipinski definition) is 3. The number of thiophene rings is 1. The molecule has 13 heavy (non-hydrogen) atoms. The van der Waals surface area contributed by atoms with Gasteiger partial charge >= 0.3 is 0 Å². The van der Waals surface area contributed by atoms with Crippen molar-refractivity contribution in [3.63, 3.8) is 0 Å². The van der Waals surface area contributed by atoms with E-state index in [0.29, 0.717) is 18.4 Å². The molecular formula is C10H13NOS. The van der Waals surface area contributed by atoms with Gasteiger partial charge in [-0.05, 0) is 29.3 Å². The molecule has 1 unspecified atom stereocenters. The maximum absolute atomic E-state index is 11.1. The molecular weight excluding hydrogens is 182 g/mol. The Hall–Kier alpha value is -0.670. The van der Waals surface area contributed by atoms with Gasteiger partial charge in [-0.25, -0.2) is 0 Å². The van der Waals surface area contributed by atoms with Gasteiger partial charge in [-0.15, -0.1) is 0 Å². The van der Waals surface area contributed by atoms with Crippen molar-refractivity contribution in [3.8, 4) is 0 Å². The summed E-state index contributed by atoms with van der Waals surface area (Å²) < 4.78 is 0. The maximum Gasteiger partial charge on any atom is 0.148 e. The van der Waals surface area contributed by atoms with Crippen LogP contribution in [0.5, 0.6) is 0 Å². The van der Waals surface area contributed by atoms with Gasteiger partial charge in [0, 0.05) is 19.0 Å². The molecule has 0 spiro atoms. The van der Waals surface area contributed by atoms with E-state index >= 15 is 0 Å². The van der Waals surface area contributed by atoms with Crippen molar-refractivity contribution in [1.82, 2.24) is 4.90 Å². The minimum atomic E-state index is 0.377. The molecule has 1 aliphatic heterocycles. The molecule has 1 saturated heterocycles. The van der Waals surface area contributed by atoms with Crippen LogP contribution in [-0.4, -0.2) is 23.8 Å². The van der Waals surface area contributed by atoms with Crippen molar-refractivity contribution in [3.05, 3.63) is 22.4 Å². The Balaban J connectivity index is 2.05. The predicted molar refractivity (Wildman–Crippen MR) is 53.9 cm³/mol. The summed E-state index contributed by atoms with van der Waals surface area (Å²) in [6, 6.07) is 2.54. The van der Waals surface area contributed by atoms with E-state index in [1.165, 1.54) is 5.56 Å². The van der Waals surface area contributed by atoms with E-state index in [0.717, 1.165) is 13.0 Å². The highest BCUT2D eigenvalue weighted by atomic mass is 32.1. The third-order valence-corrected chi connectivity index (χ3v) is 3.33. The highest BCUT2D eigenvalue weighted by Gasteiger charge is 2.24. The summed E-state index contributed by atoms with van der Waals surface area (Å²) in [5, 5.41) is 4.25. The Morgan fingerprint density at radius 1 is 1.62 bits per heavy atom. The molecule has 1 fully saturated rings. The molecule has 0 amide bonds. The Bertz CT molecular complexity index is 294. The van der Waals surface area contributed by atoms with Crippen molar-refractivity contribution in [2.75, 3.05) is 13.1 Å². The van der Waals surface area contributed by atoms with E-state index in [-0.39, 0.29) is 0 Å². The second-order valence-corrected chi connectivity index (χ2v) is 4.27. The van der Waals surface area contributed by atoms with Crippen LogP contribution in [0.25, 0.3) is 0 Å². The second kappa shape index (κ2) is 3.60. The van der Waals surface area contributed by atoms with E-state index in [9.17, 15) is 4.79 Å². The molecule has 0 N–H and O–H groups in total. The van der Waals surface area contributed by atoms with Crippen molar-refractivity contribution in [2.24, 2.45) is 0 Å². The monoisotopic (exact) mass is 195 g/mol. The fraction of sp³-hybridized carbons (Fsp3) is 0.500. The fourth-order valence-corrected chi connectivity index (χ4v) is 2.45. The lowest BCUT2D eigenvalue weighted by Crippen LogP contribution is -2.24. The Morgan fingerprint density at radius 2 is 2.46 bits per heavy atom. The van der Waals surface area contributed by atoms with Crippen LogP contribution in [0.1, 0.15) is 24.9 Å². The molecule has 0 bridgehead atoms. The van der Waals surface area contributed by atoms with E-state index in [1.54, 1.807) is 11.3 Å². The third kappa shape index (κ3) is 1.81. The van der Waals surface area contributed by atoms with Crippen LogP contribution in [0.4, 0.5) is 0 Å². The predicted octanol–water partition coefficient (Wildman–Crippen LogP) is 2.08. The lowest BCUT2D eigenvalue weighted by Gasteiger charge is -2.21. The highest BCUT2D eigenvalue weighted by molar-refractivity contribution is 7.07. The Labute approximate surface area is 82.2 Å². The topological polar surface area (TPSA) is 20.3 Å². The summed E-state index contributed by atoms with van der Waals surface area (Å²) in [6.45, 7) is 3.73. The second-order valence-electron chi connectivity index (χ2n) is 3.49. The zero-order chi connectivity index (χ0) is 9.26. The smallest absolute Gasteiger partial charge is 0.148 e. The lowest BCUT2D eigenvalue weighted by molar-refractivity contribution is -0.117. The van der Waals surface area contributed by atoms with Gasteiger partial charge in [0.1, 0.15) is 5.78 Å². The van der Waals surface area contributed by atoms with E-state index in [4.69, 9.17) is 0 Å². The number of rotatable bonds is 2. The molecule has 2 rings (SSSR count). The first kappa shape index (κ1) is 8.91. The summed E-state index contributed by atoms with van der Waals surface area (Å²) in [5.41, 5.74) is 1.33. The minimum absolute atomic E-state index is 0.377. The normalized spacial score (nSPS) is 20.8. The molecule has 2 nitrogen and oxygen atoms in total. The quantitative estimate of drug-likeness (QED) is 0.720. The van der Waals surface area contributed by atoms with Crippen LogP contribution in [-0.2, 0) is 4.79 Å². The first-order valence-corrected chi connectivity index (χ1v) is 5.49. The van der Waals surface area contributed by atoms with E-state index in [2.05, 4.69) is 28.7 Å². The molecule has 70 valence electrons. The molecule has 0 aromatic carbocycles. The molecule has 0 radical (unpaired) electrons. The average molecular weight is 195 g/mol. The number of carbonyl (C=O) groups is 1. The van der Waals surface area contributed by atoms with Crippen LogP contribution in [0.15, 0.2) is 16.8 Å². The first-order valence-electron chi connectivity index (χ1n) is 4.55. The number of ketones is 1. The van der Waals surface area contributed by atoms with Gasteiger partial charge in [-0.3, -0.25) is 9.69 Å². The fourth-order valence-electron chi connectivity index (χ4n) is 1.71. The number of carbonyl (C=O) groups excluding carboxylic acids is 1. The van der Waals surface area contributed by atoms with Crippen LogP contribution < -0.4 is 0 Å². The molecule has 3 heteroatoms. The molecule has 1 aromatic rings. The van der Waals surface area contributed by atoms with Gasteiger partial charge < -0.3 is 0 Å². The molecule has 0 saturated carbocycles. The average Bonchev–Trinajstić information content (AvgIpc) is 2.72. The van der Waals surface area contributed by atoms with Gasteiger partial charge in [-0.2, -0.15) is 11.3 Å². The van der Waals surface area contributed by atoms with E-state index < -0.39 is 0 Å². The molecule has 1 aliphatic rings. The van der Waals surface area contributed by atoms with Crippen LogP contribution >= 0.6 is 11.3 Å². The van der Waals surface area contributed by atoms with E-state index in [1.807, 2.05) is 0 Å². The number of Topliss-reactive ketones (excluding diaryl/α,β-unsaturated/α-hetero) is 1. The van der Waals surface area contributed by atoms with Crippen molar-refractivity contribution in [1.29, 1.82) is 0 Å². The van der Waals surface area contributed by atoms with Gasteiger partial charge in [0.05, 0.1) is 6.54 Å². The third-order valence-electron chi connectivity index (χ3n) is 2.63. The zero-order valence-electron chi connectivity index (χ0n) is 7.69. The summed E-state index contributed by atoms with van der Waals surface area (Å²) in [7, 11) is 0. The minimum Gasteiger partial charge on any atom is -0.298 e. The molecule has 2 heterocycles. The Morgan fingerprint density at radius 3 is 3.00 bits per heavy atom. The lowest BCUT2D eigenvalue weighted by atomic mass is 10.1. The summed E-state index contributed by atoms with van der Waals surface area (Å²) >= 11 is 1.72. The van der Waals surface area contributed by atoms with Gasteiger partial charge in [-0.1, -0.05) is 0 Å². The summed E-state index contributed by atoms with van der Waals surface area (Å²) in [6.07, 6.45) is 0.731. The largest absolute Gasteiger partial charge is 0.298 e. The SMILES string of the molecule is CC(c1ccsc1)N1CCC(=O)C1. The standard InChI is InChI=1S/C10H13NOS/c1-8(9-3-5-13-7-9)11-4-2-10(12)6-11/h3,5,7-8H,2,4,6H2,1H3. The maximum atomic E-state index is 11.1. The number of nitrogens with zero attached hydrogens (tertiary/aromatic N) is 1. The Kier molecular flexibility index (Phi) is 2.47. The van der Waals surface area contributed by atoms with Crippen LogP contribution in [0.3, 0.4) is 0 Å². The first-order chi connectivity index (χ1) is 6.27. The number of likely N-dealkylation sites (tertiary alicyclic amines) is 1. The molecule has 1 atom stereocenters. The summed E-state index contributed by atoms with van der Waals surface area (Å²) in [4.78, 5) is 13.3. The summed E-state index contributed by atoms with van der Waals surface area (Å²) in [5.74, 6) is 0.377. The number of hydrogen-bond donors (Lipinski definition) is 0. The zero-order valence-corrected chi connectivity index (χ0v) is 8.51. The van der Waals surface area contributed by atoms with Crippen molar-refractivity contribution in [2.45, 2.75) is 19.4 Å². The van der Waals surface area contributed by atoms with Gasteiger partial charge in [0.25, 0.3) is 0 Å². The van der Waals surface area contributed by atoms with Crippen LogP contribution in [0, 0.1) is 0 Å².